The standard InChI is InChI=1S/C15H19N3O3S/c1-9-11(10(2)18(3)17-9)5-6-13(19)16-12-7-8-22-14(12)15(20)21-4/h7-8H,5-6H2,1-4H3,(H,16,19). The molecule has 0 saturated carbocycles. The molecule has 22 heavy (non-hydrogen) atoms. The summed E-state index contributed by atoms with van der Waals surface area (Å²) >= 11 is 1.24. The van der Waals surface area contributed by atoms with Crippen LogP contribution in [0.3, 0.4) is 0 Å². The molecule has 0 aliphatic carbocycles. The van der Waals surface area contributed by atoms with Gasteiger partial charge in [0.15, 0.2) is 0 Å². The van der Waals surface area contributed by atoms with Gasteiger partial charge >= 0.3 is 5.97 Å². The van der Waals surface area contributed by atoms with Crippen LogP contribution in [-0.4, -0.2) is 28.8 Å². The lowest BCUT2D eigenvalue weighted by atomic mass is 10.1. The second-order valence-electron chi connectivity index (χ2n) is 4.98. The Morgan fingerprint density at radius 3 is 2.73 bits per heavy atom. The number of carbonyl (C=O) groups excluding carboxylic acids is 2. The van der Waals surface area contributed by atoms with Crippen LogP contribution < -0.4 is 5.32 Å². The minimum absolute atomic E-state index is 0.133. The highest BCUT2D eigenvalue weighted by Crippen LogP contribution is 2.23. The molecule has 118 valence electrons. The van der Waals surface area contributed by atoms with Gasteiger partial charge in [0, 0.05) is 19.2 Å². The summed E-state index contributed by atoms with van der Waals surface area (Å²) < 4.78 is 6.51. The monoisotopic (exact) mass is 321 g/mol. The number of esters is 1. The van der Waals surface area contributed by atoms with Gasteiger partial charge < -0.3 is 10.1 Å². The quantitative estimate of drug-likeness (QED) is 0.859. The van der Waals surface area contributed by atoms with Crippen LogP contribution in [0.5, 0.6) is 0 Å². The number of aryl methyl sites for hydroxylation is 2. The normalized spacial score (nSPS) is 10.5. The molecule has 0 fully saturated rings. The van der Waals surface area contributed by atoms with Gasteiger partial charge in [-0.2, -0.15) is 5.10 Å². The highest BCUT2D eigenvalue weighted by Gasteiger charge is 2.16. The average Bonchev–Trinajstić information content (AvgIpc) is 3.02. The minimum atomic E-state index is -0.441. The first-order chi connectivity index (χ1) is 10.4. The van der Waals surface area contributed by atoms with Crippen molar-refractivity contribution in [3.05, 3.63) is 33.3 Å². The highest BCUT2D eigenvalue weighted by molar-refractivity contribution is 7.12. The highest BCUT2D eigenvalue weighted by atomic mass is 32.1. The number of hydrogen-bond acceptors (Lipinski definition) is 5. The molecule has 7 heteroatoms. The van der Waals surface area contributed by atoms with E-state index in [1.165, 1.54) is 18.4 Å². The number of methoxy groups -OCH3 is 1. The molecule has 6 nitrogen and oxygen atoms in total. The fourth-order valence-corrected chi connectivity index (χ4v) is 3.05. The summed E-state index contributed by atoms with van der Waals surface area (Å²) in [6.07, 6.45) is 0.957. The zero-order chi connectivity index (χ0) is 16.3. The van der Waals surface area contributed by atoms with Crippen molar-refractivity contribution in [2.75, 3.05) is 12.4 Å². The molecular formula is C15H19N3O3S. The first-order valence-corrected chi connectivity index (χ1v) is 7.76. The van der Waals surface area contributed by atoms with E-state index >= 15 is 0 Å². The lowest BCUT2D eigenvalue weighted by Crippen LogP contribution is -2.14. The molecule has 0 unspecified atom stereocenters. The van der Waals surface area contributed by atoms with Crippen molar-refractivity contribution in [3.8, 4) is 0 Å². The Balaban J connectivity index is 1.99. The molecule has 1 amide bonds. The molecule has 2 rings (SSSR count). The van der Waals surface area contributed by atoms with Gasteiger partial charge in [0.05, 0.1) is 18.5 Å². The molecular weight excluding hydrogens is 302 g/mol. The van der Waals surface area contributed by atoms with Crippen LogP contribution >= 0.6 is 11.3 Å². The molecule has 0 aliphatic heterocycles. The third kappa shape index (κ3) is 3.36. The van der Waals surface area contributed by atoms with Crippen LogP contribution in [-0.2, 0) is 23.0 Å². The van der Waals surface area contributed by atoms with Gasteiger partial charge in [-0.15, -0.1) is 11.3 Å². The number of rotatable bonds is 5. The van der Waals surface area contributed by atoms with Crippen LogP contribution in [0.4, 0.5) is 5.69 Å². The van der Waals surface area contributed by atoms with E-state index in [0.717, 1.165) is 17.0 Å². The van der Waals surface area contributed by atoms with Gasteiger partial charge in [0.1, 0.15) is 4.88 Å². The summed E-state index contributed by atoms with van der Waals surface area (Å²) in [6, 6.07) is 1.70. The summed E-state index contributed by atoms with van der Waals surface area (Å²) in [7, 11) is 3.21. The smallest absolute Gasteiger partial charge is 0.350 e. The van der Waals surface area contributed by atoms with E-state index < -0.39 is 5.97 Å². The van der Waals surface area contributed by atoms with E-state index in [1.54, 1.807) is 11.4 Å². The minimum Gasteiger partial charge on any atom is -0.465 e. The predicted octanol–water partition coefficient (Wildman–Crippen LogP) is 2.46. The first-order valence-electron chi connectivity index (χ1n) is 6.88. The van der Waals surface area contributed by atoms with Gasteiger partial charge in [-0.1, -0.05) is 0 Å². The number of amides is 1. The predicted molar refractivity (Wildman–Crippen MR) is 85.3 cm³/mol. The molecule has 0 spiro atoms. The Bertz CT molecular complexity index is 703. The summed E-state index contributed by atoms with van der Waals surface area (Å²) in [4.78, 5) is 24.1. The second kappa shape index (κ2) is 6.74. The summed E-state index contributed by atoms with van der Waals surface area (Å²) in [6.45, 7) is 3.93. The van der Waals surface area contributed by atoms with Crippen molar-refractivity contribution in [2.45, 2.75) is 26.7 Å². The van der Waals surface area contributed by atoms with E-state index in [4.69, 9.17) is 0 Å². The van der Waals surface area contributed by atoms with Crippen molar-refractivity contribution >= 4 is 28.9 Å². The van der Waals surface area contributed by atoms with E-state index in [1.807, 2.05) is 25.6 Å². The Kier molecular flexibility index (Phi) is 4.97. The average molecular weight is 321 g/mol. The van der Waals surface area contributed by atoms with Crippen molar-refractivity contribution in [2.24, 2.45) is 7.05 Å². The molecule has 2 heterocycles. The number of nitrogens with zero attached hydrogens (tertiary/aromatic N) is 2. The molecule has 2 aromatic heterocycles. The topological polar surface area (TPSA) is 73.2 Å². The maximum absolute atomic E-state index is 12.1. The molecule has 2 aromatic rings. The molecule has 0 aliphatic rings. The zero-order valence-corrected chi connectivity index (χ0v) is 13.9. The van der Waals surface area contributed by atoms with Gasteiger partial charge in [-0.25, -0.2) is 4.79 Å². The lowest BCUT2D eigenvalue weighted by molar-refractivity contribution is -0.116. The van der Waals surface area contributed by atoms with E-state index in [-0.39, 0.29) is 5.91 Å². The van der Waals surface area contributed by atoms with Crippen molar-refractivity contribution in [1.82, 2.24) is 9.78 Å². The molecule has 0 aromatic carbocycles. The van der Waals surface area contributed by atoms with E-state index in [2.05, 4.69) is 15.2 Å². The van der Waals surface area contributed by atoms with Crippen LogP contribution in [0.25, 0.3) is 0 Å². The molecule has 0 bridgehead atoms. The lowest BCUT2D eigenvalue weighted by Gasteiger charge is -2.06. The number of nitrogens with one attached hydrogen (secondary N) is 1. The van der Waals surface area contributed by atoms with Gasteiger partial charge in [0.25, 0.3) is 0 Å². The third-order valence-electron chi connectivity index (χ3n) is 3.57. The maximum Gasteiger partial charge on any atom is 0.350 e. The Labute approximate surface area is 133 Å². The number of ether oxygens (including phenoxy) is 1. The Morgan fingerprint density at radius 1 is 1.41 bits per heavy atom. The number of thiophene rings is 1. The fraction of sp³-hybridized carbons (Fsp3) is 0.400. The zero-order valence-electron chi connectivity index (χ0n) is 13.1. The van der Waals surface area contributed by atoms with Crippen molar-refractivity contribution < 1.29 is 14.3 Å². The van der Waals surface area contributed by atoms with E-state index in [9.17, 15) is 9.59 Å². The number of anilines is 1. The van der Waals surface area contributed by atoms with E-state index in [0.29, 0.717) is 23.4 Å². The van der Waals surface area contributed by atoms with Crippen molar-refractivity contribution in [3.63, 3.8) is 0 Å². The molecule has 1 N–H and O–H groups in total. The van der Waals surface area contributed by atoms with Crippen molar-refractivity contribution in [1.29, 1.82) is 0 Å². The van der Waals surface area contributed by atoms with Gasteiger partial charge in [0.2, 0.25) is 5.91 Å². The number of aromatic nitrogens is 2. The second-order valence-corrected chi connectivity index (χ2v) is 5.89. The van der Waals surface area contributed by atoms with Crippen LogP contribution in [0.1, 0.15) is 33.0 Å². The van der Waals surface area contributed by atoms with Crippen LogP contribution in [0.15, 0.2) is 11.4 Å². The largest absolute Gasteiger partial charge is 0.465 e. The number of hydrogen-bond donors (Lipinski definition) is 1. The fourth-order valence-electron chi connectivity index (χ4n) is 2.29. The Morgan fingerprint density at radius 2 is 2.14 bits per heavy atom. The molecule has 0 saturated heterocycles. The maximum atomic E-state index is 12.1. The summed E-state index contributed by atoms with van der Waals surface area (Å²) in [5.41, 5.74) is 3.60. The van der Waals surface area contributed by atoms with Crippen LogP contribution in [0.2, 0.25) is 0 Å². The molecule has 0 atom stereocenters. The summed E-state index contributed by atoms with van der Waals surface area (Å²) in [5, 5.41) is 8.85. The number of carbonyl (C=O) groups is 2. The SMILES string of the molecule is COC(=O)c1sccc1NC(=O)CCc1c(C)nn(C)c1C. The van der Waals surface area contributed by atoms with Crippen LogP contribution in [0, 0.1) is 13.8 Å². The first kappa shape index (κ1) is 16.2. The molecule has 0 radical (unpaired) electrons. The van der Waals surface area contributed by atoms with Gasteiger partial charge in [-0.05, 0) is 37.3 Å². The Hall–Kier alpha value is -2.15. The third-order valence-corrected chi connectivity index (χ3v) is 4.47. The van der Waals surface area contributed by atoms with Gasteiger partial charge in [-0.3, -0.25) is 9.48 Å². The summed E-state index contributed by atoms with van der Waals surface area (Å²) in [5.74, 6) is -0.574.